The van der Waals surface area contributed by atoms with Gasteiger partial charge in [0.1, 0.15) is 15.9 Å². The maximum absolute atomic E-state index is 12.0. The van der Waals surface area contributed by atoms with Crippen molar-refractivity contribution in [2.24, 2.45) is 0 Å². The number of anilines is 1. The van der Waals surface area contributed by atoms with E-state index in [4.69, 9.17) is 0 Å². The van der Waals surface area contributed by atoms with Gasteiger partial charge in [0.25, 0.3) is 0 Å². The molecule has 0 atom stereocenters. The normalized spacial score (nSPS) is 10.3. The van der Waals surface area contributed by atoms with Gasteiger partial charge in [0, 0.05) is 6.08 Å². The Hall–Kier alpha value is -2.91. The molecule has 0 aliphatic heterocycles. The Morgan fingerprint density at radius 2 is 2.00 bits per heavy atom. The minimum atomic E-state index is -0.524. The molecule has 0 unspecified atom stereocenters. The third kappa shape index (κ3) is 3.84. The third-order valence-corrected chi connectivity index (χ3v) is 4.28. The summed E-state index contributed by atoms with van der Waals surface area (Å²) in [5.41, 5.74) is 1.67. The first kappa shape index (κ1) is 16.5. The van der Waals surface area contributed by atoms with Gasteiger partial charge in [-0.1, -0.05) is 30.3 Å². The second-order valence-electron chi connectivity index (χ2n) is 4.60. The number of amides is 1. The summed E-state index contributed by atoms with van der Waals surface area (Å²) in [4.78, 5) is 24.0. The van der Waals surface area contributed by atoms with Gasteiger partial charge in [-0.15, -0.1) is 11.3 Å². The smallest absolute Gasteiger partial charge is 0.348 e. The second-order valence-corrected chi connectivity index (χ2v) is 5.62. The van der Waals surface area contributed by atoms with Crippen molar-refractivity contribution in [3.05, 3.63) is 58.0 Å². The highest BCUT2D eigenvalue weighted by Gasteiger charge is 2.21. The SMILES string of the molecule is COC(=O)c1sc(NC(=O)/C=C\c2ccccc2)c(C#N)c1C. The van der Waals surface area contributed by atoms with Gasteiger partial charge in [-0.05, 0) is 24.1 Å². The lowest BCUT2D eigenvalue weighted by atomic mass is 10.2. The van der Waals surface area contributed by atoms with E-state index < -0.39 is 5.97 Å². The first-order chi connectivity index (χ1) is 11.1. The van der Waals surface area contributed by atoms with Crippen LogP contribution in [0.5, 0.6) is 0 Å². The zero-order chi connectivity index (χ0) is 16.8. The van der Waals surface area contributed by atoms with Crippen LogP contribution < -0.4 is 5.32 Å². The molecule has 0 saturated carbocycles. The lowest BCUT2D eigenvalue weighted by Gasteiger charge is -1.99. The van der Waals surface area contributed by atoms with Crippen LogP contribution >= 0.6 is 11.3 Å². The second kappa shape index (κ2) is 7.38. The molecule has 1 heterocycles. The molecule has 0 bridgehead atoms. The molecule has 1 amide bonds. The van der Waals surface area contributed by atoms with Crippen LogP contribution in [0.1, 0.15) is 26.4 Å². The molecule has 116 valence electrons. The monoisotopic (exact) mass is 326 g/mol. The molecule has 0 saturated heterocycles. The fourth-order valence-electron chi connectivity index (χ4n) is 1.91. The molecule has 6 heteroatoms. The number of nitrogens with one attached hydrogen (secondary N) is 1. The van der Waals surface area contributed by atoms with E-state index in [1.165, 1.54) is 13.2 Å². The standard InChI is InChI=1S/C17H14N2O3S/c1-11-13(10-18)16(23-15(11)17(21)22-2)19-14(20)9-8-12-6-4-3-5-7-12/h3-9H,1-2H3,(H,19,20)/b9-8-. The summed E-state index contributed by atoms with van der Waals surface area (Å²) in [5, 5.41) is 12.2. The van der Waals surface area contributed by atoms with Crippen LogP contribution in [0, 0.1) is 18.3 Å². The first-order valence-corrected chi connectivity index (χ1v) is 7.54. The average molecular weight is 326 g/mol. The Balaban J connectivity index is 2.20. The first-order valence-electron chi connectivity index (χ1n) is 6.72. The largest absolute Gasteiger partial charge is 0.465 e. The van der Waals surface area contributed by atoms with Crippen molar-refractivity contribution in [2.45, 2.75) is 6.92 Å². The number of thiophene rings is 1. The minimum Gasteiger partial charge on any atom is -0.465 e. The summed E-state index contributed by atoms with van der Waals surface area (Å²) in [6, 6.07) is 11.4. The van der Waals surface area contributed by atoms with Crippen molar-refractivity contribution in [1.29, 1.82) is 5.26 Å². The Morgan fingerprint density at radius 3 is 2.61 bits per heavy atom. The van der Waals surface area contributed by atoms with Crippen molar-refractivity contribution in [2.75, 3.05) is 12.4 Å². The van der Waals surface area contributed by atoms with Gasteiger partial charge in [-0.2, -0.15) is 5.26 Å². The number of carbonyl (C=O) groups is 2. The van der Waals surface area contributed by atoms with Crippen molar-refractivity contribution < 1.29 is 14.3 Å². The van der Waals surface area contributed by atoms with E-state index in [0.717, 1.165) is 16.9 Å². The van der Waals surface area contributed by atoms with E-state index in [1.807, 2.05) is 36.4 Å². The molecule has 0 radical (unpaired) electrons. The fourth-order valence-corrected chi connectivity index (χ4v) is 2.99. The van der Waals surface area contributed by atoms with E-state index in [2.05, 4.69) is 10.1 Å². The maximum Gasteiger partial charge on any atom is 0.348 e. The summed E-state index contributed by atoms with van der Waals surface area (Å²) >= 11 is 1.03. The van der Waals surface area contributed by atoms with Crippen molar-refractivity contribution >= 4 is 34.3 Å². The maximum atomic E-state index is 12.0. The van der Waals surface area contributed by atoms with E-state index >= 15 is 0 Å². The highest BCUT2D eigenvalue weighted by molar-refractivity contribution is 7.18. The predicted molar refractivity (Wildman–Crippen MR) is 89.2 cm³/mol. The van der Waals surface area contributed by atoms with Gasteiger partial charge in [-0.25, -0.2) is 4.79 Å². The van der Waals surface area contributed by atoms with Crippen LogP contribution in [0.2, 0.25) is 0 Å². The summed E-state index contributed by atoms with van der Waals surface area (Å²) in [5.74, 6) is -0.896. The van der Waals surface area contributed by atoms with Gasteiger partial charge >= 0.3 is 5.97 Å². The Morgan fingerprint density at radius 1 is 1.30 bits per heavy atom. The van der Waals surface area contributed by atoms with Crippen LogP contribution in [0.15, 0.2) is 36.4 Å². The third-order valence-electron chi connectivity index (χ3n) is 3.09. The average Bonchev–Trinajstić information content (AvgIpc) is 2.88. The molecule has 0 fully saturated rings. The molecule has 1 aromatic carbocycles. The molecule has 5 nitrogen and oxygen atoms in total. The predicted octanol–water partition coefficient (Wildman–Crippen LogP) is 3.37. The van der Waals surface area contributed by atoms with Crippen LogP contribution in [-0.4, -0.2) is 19.0 Å². The number of hydrogen-bond acceptors (Lipinski definition) is 5. The number of rotatable bonds is 4. The summed E-state index contributed by atoms with van der Waals surface area (Å²) in [6.07, 6.45) is 3.05. The number of carbonyl (C=O) groups excluding carboxylic acids is 2. The molecule has 2 aromatic rings. The van der Waals surface area contributed by atoms with Crippen molar-refractivity contribution in [1.82, 2.24) is 0 Å². The quantitative estimate of drug-likeness (QED) is 0.690. The van der Waals surface area contributed by atoms with Crippen LogP contribution in [-0.2, 0) is 9.53 Å². The summed E-state index contributed by atoms with van der Waals surface area (Å²) in [6.45, 7) is 1.65. The summed E-state index contributed by atoms with van der Waals surface area (Å²) < 4.78 is 4.68. The molecule has 23 heavy (non-hydrogen) atoms. The lowest BCUT2D eigenvalue weighted by Crippen LogP contribution is -2.07. The highest BCUT2D eigenvalue weighted by atomic mass is 32.1. The van der Waals surface area contributed by atoms with Crippen LogP contribution in [0.3, 0.4) is 0 Å². The number of benzene rings is 1. The van der Waals surface area contributed by atoms with E-state index in [0.29, 0.717) is 15.4 Å². The van der Waals surface area contributed by atoms with Gasteiger partial charge in [0.05, 0.1) is 12.7 Å². The molecular formula is C17H14N2O3S. The Labute approximate surface area is 137 Å². The molecule has 1 aromatic heterocycles. The van der Waals surface area contributed by atoms with E-state index in [1.54, 1.807) is 13.0 Å². The highest BCUT2D eigenvalue weighted by Crippen LogP contribution is 2.32. The van der Waals surface area contributed by atoms with Gasteiger partial charge in [0.15, 0.2) is 0 Å². The number of nitriles is 1. The fraction of sp³-hybridized carbons (Fsp3) is 0.118. The number of hydrogen-bond donors (Lipinski definition) is 1. The van der Waals surface area contributed by atoms with Crippen LogP contribution in [0.25, 0.3) is 6.08 Å². The zero-order valence-electron chi connectivity index (χ0n) is 12.6. The van der Waals surface area contributed by atoms with Gasteiger partial charge in [0.2, 0.25) is 5.91 Å². The minimum absolute atomic E-state index is 0.275. The topological polar surface area (TPSA) is 79.2 Å². The molecule has 0 spiro atoms. The summed E-state index contributed by atoms with van der Waals surface area (Å²) in [7, 11) is 1.27. The molecule has 1 N–H and O–H groups in total. The van der Waals surface area contributed by atoms with Gasteiger partial charge < -0.3 is 10.1 Å². The number of ether oxygens (including phenoxy) is 1. The molecule has 2 rings (SSSR count). The molecule has 0 aliphatic rings. The number of methoxy groups -OCH3 is 1. The Kier molecular flexibility index (Phi) is 5.28. The lowest BCUT2D eigenvalue weighted by molar-refractivity contribution is -0.111. The van der Waals surface area contributed by atoms with Crippen molar-refractivity contribution in [3.63, 3.8) is 0 Å². The van der Waals surface area contributed by atoms with Gasteiger partial charge in [-0.3, -0.25) is 4.79 Å². The molecule has 0 aliphatic carbocycles. The van der Waals surface area contributed by atoms with Crippen molar-refractivity contribution in [3.8, 4) is 6.07 Å². The van der Waals surface area contributed by atoms with E-state index in [-0.39, 0.29) is 11.5 Å². The number of nitrogens with zero attached hydrogens (tertiary/aromatic N) is 1. The van der Waals surface area contributed by atoms with E-state index in [9.17, 15) is 14.9 Å². The Bertz CT molecular complexity index is 801. The van der Waals surface area contributed by atoms with Crippen LogP contribution in [0.4, 0.5) is 5.00 Å². The molecular weight excluding hydrogens is 312 g/mol. The zero-order valence-corrected chi connectivity index (χ0v) is 13.4. The number of esters is 1.